The second-order valence-corrected chi connectivity index (χ2v) is 4.43. The number of nitrogen functional groups attached to an aromatic ring is 1. The van der Waals surface area contributed by atoms with E-state index in [2.05, 4.69) is 15.3 Å². The first-order valence-electron chi connectivity index (χ1n) is 5.57. The zero-order chi connectivity index (χ0) is 13.2. The van der Waals surface area contributed by atoms with Gasteiger partial charge in [0.05, 0.1) is 12.7 Å². The second-order valence-electron chi connectivity index (χ2n) is 3.99. The molecule has 0 bridgehead atoms. The van der Waals surface area contributed by atoms with Crippen LogP contribution in [0.4, 0.5) is 5.82 Å². The van der Waals surface area contributed by atoms with E-state index in [1.54, 1.807) is 29.3 Å². The highest BCUT2D eigenvalue weighted by Gasteiger charge is 2.08. The maximum absolute atomic E-state index is 5.83. The zero-order valence-electron chi connectivity index (χ0n) is 9.82. The molecule has 0 aliphatic heterocycles. The summed E-state index contributed by atoms with van der Waals surface area (Å²) >= 11 is 5.83. The van der Waals surface area contributed by atoms with Gasteiger partial charge in [0.1, 0.15) is 12.0 Å². The molecule has 3 aromatic rings. The smallest absolute Gasteiger partial charge is 0.226 e. The first-order valence-corrected chi connectivity index (χ1v) is 5.94. The Bertz CT molecular complexity index is 688. The van der Waals surface area contributed by atoms with Gasteiger partial charge in [-0.3, -0.25) is 0 Å². The molecule has 0 amide bonds. The lowest BCUT2D eigenvalue weighted by Gasteiger charge is -1.95. The molecule has 0 spiro atoms. The highest BCUT2D eigenvalue weighted by molar-refractivity contribution is 6.30. The number of nitrogens with zero attached hydrogens (tertiary/aromatic N) is 4. The summed E-state index contributed by atoms with van der Waals surface area (Å²) in [5.74, 6) is 0.918. The van der Waals surface area contributed by atoms with Crippen LogP contribution in [0.15, 0.2) is 41.1 Å². The number of hydrogen-bond acceptors (Lipinski definition) is 5. The Kier molecular flexibility index (Phi) is 2.92. The van der Waals surface area contributed by atoms with Crippen molar-refractivity contribution >= 4 is 17.4 Å². The minimum atomic E-state index is 0.376. The second kappa shape index (κ2) is 4.74. The average molecular weight is 276 g/mol. The minimum absolute atomic E-state index is 0.376. The Balaban J connectivity index is 1.81. The first-order chi connectivity index (χ1) is 9.20. The monoisotopic (exact) mass is 275 g/mol. The number of hydrogen-bond donors (Lipinski definition) is 1. The van der Waals surface area contributed by atoms with Crippen LogP contribution in [0.1, 0.15) is 5.69 Å². The van der Waals surface area contributed by atoms with Gasteiger partial charge in [-0.2, -0.15) is 0 Å². The Morgan fingerprint density at radius 2 is 2.05 bits per heavy atom. The van der Waals surface area contributed by atoms with Crippen LogP contribution in [0.5, 0.6) is 0 Å². The molecule has 0 aliphatic carbocycles. The molecule has 0 atom stereocenters. The number of rotatable bonds is 3. The van der Waals surface area contributed by atoms with Gasteiger partial charge in [-0.25, -0.2) is 9.67 Å². The Hall–Kier alpha value is -2.34. The molecule has 96 valence electrons. The molecule has 6 nitrogen and oxygen atoms in total. The molecule has 3 rings (SSSR count). The van der Waals surface area contributed by atoms with Crippen LogP contribution in [0.3, 0.4) is 0 Å². The molecule has 2 heterocycles. The van der Waals surface area contributed by atoms with Crippen LogP contribution in [0.25, 0.3) is 11.5 Å². The van der Waals surface area contributed by atoms with Gasteiger partial charge in [0, 0.05) is 10.6 Å². The van der Waals surface area contributed by atoms with Crippen molar-refractivity contribution in [1.29, 1.82) is 0 Å². The van der Waals surface area contributed by atoms with Crippen molar-refractivity contribution in [3.05, 3.63) is 47.4 Å². The van der Waals surface area contributed by atoms with E-state index in [9.17, 15) is 0 Å². The summed E-state index contributed by atoms with van der Waals surface area (Å²) in [6, 6.07) is 7.29. The fourth-order valence-corrected chi connectivity index (χ4v) is 1.79. The lowest BCUT2D eigenvalue weighted by molar-refractivity contribution is 0.568. The molecule has 19 heavy (non-hydrogen) atoms. The van der Waals surface area contributed by atoms with Crippen molar-refractivity contribution in [2.75, 3.05) is 5.73 Å². The predicted octanol–water partition coefficient (Wildman–Crippen LogP) is 2.22. The van der Waals surface area contributed by atoms with Gasteiger partial charge in [0.25, 0.3) is 0 Å². The first kappa shape index (κ1) is 11.7. The fourth-order valence-electron chi connectivity index (χ4n) is 1.66. The van der Waals surface area contributed by atoms with E-state index in [0.29, 0.717) is 23.3 Å². The third-order valence-corrected chi connectivity index (χ3v) is 2.78. The van der Waals surface area contributed by atoms with Gasteiger partial charge in [-0.05, 0) is 24.3 Å². The van der Waals surface area contributed by atoms with Gasteiger partial charge < -0.3 is 10.2 Å². The molecule has 0 saturated carbocycles. The molecule has 0 saturated heterocycles. The largest absolute Gasteiger partial charge is 0.444 e. The molecule has 2 N–H and O–H groups in total. The summed E-state index contributed by atoms with van der Waals surface area (Å²) in [5.41, 5.74) is 7.11. The maximum atomic E-state index is 5.83. The van der Waals surface area contributed by atoms with Gasteiger partial charge >= 0.3 is 0 Å². The highest BCUT2D eigenvalue weighted by Crippen LogP contribution is 2.21. The molecule has 0 radical (unpaired) electrons. The van der Waals surface area contributed by atoms with Crippen molar-refractivity contribution in [1.82, 2.24) is 20.0 Å². The Morgan fingerprint density at radius 3 is 2.74 bits per heavy atom. The summed E-state index contributed by atoms with van der Waals surface area (Å²) in [4.78, 5) is 4.38. The van der Waals surface area contributed by atoms with Crippen LogP contribution in [-0.4, -0.2) is 20.0 Å². The van der Waals surface area contributed by atoms with E-state index in [1.807, 2.05) is 12.1 Å². The number of aromatic nitrogens is 4. The summed E-state index contributed by atoms with van der Waals surface area (Å²) < 4.78 is 7.02. The number of anilines is 1. The molecule has 1 aromatic carbocycles. The Labute approximate surface area is 113 Å². The number of nitrogens with two attached hydrogens (primary N) is 1. The van der Waals surface area contributed by atoms with E-state index in [4.69, 9.17) is 21.8 Å². The van der Waals surface area contributed by atoms with Crippen LogP contribution >= 0.6 is 11.6 Å². The normalized spacial score (nSPS) is 10.8. The third-order valence-electron chi connectivity index (χ3n) is 2.52. The van der Waals surface area contributed by atoms with E-state index in [1.165, 1.54) is 0 Å². The number of oxazole rings is 1. The molecule has 0 aliphatic rings. The van der Waals surface area contributed by atoms with Crippen molar-refractivity contribution in [2.45, 2.75) is 6.54 Å². The fraction of sp³-hybridized carbons (Fsp3) is 0.0833. The Morgan fingerprint density at radius 1 is 1.26 bits per heavy atom. The van der Waals surface area contributed by atoms with Gasteiger partial charge in [0.2, 0.25) is 5.89 Å². The molecule has 0 fully saturated rings. The van der Waals surface area contributed by atoms with E-state index >= 15 is 0 Å². The zero-order valence-corrected chi connectivity index (χ0v) is 10.6. The van der Waals surface area contributed by atoms with E-state index in [0.717, 1.165) is 11.3 Å². The van der Waals surface area contributed by atoms with Crippen LogP contribution in [0, 0.1) is 0 Å². The summed E-state index contributed by atoms with van der Waals surface area (Å²) in [7, 11) is 0. The summed E-state index contributed by atoms with van der Waals surface area (Å²) in [6.45, 7) is 0.460. The van der Waals surface area contributed by atoms with Gasteiger partial charge in [0.15, 0.2) is 5.82 Å². The summed E-state index contributed by atoms with van der Waals surface area (Å²) in [6.07, 6.45) is 3.22. The standard InChI is InChI=1S/C12H10ClN5O/c13-9-3-1-8(2-4-9)12-15-10(7-19-12)5-18-6-11(14)16-17-18/h1-4,6-7H,5,14H2. The number of benzene rings is 1. The molecule has 0 unspecified atom stereocenters. The van der Waals surface area contributed by atoms with Crippen molar-refractivity contribution in [2.24, 2.45) is 0 Å². The highest BCUT2D eigenvalue weighted by atomic mass is 35.5. The van der Waals surface area contributed by atoms with Crippen LogP contribution < -0.4 is 5.73 Å². The third kappa shape index (κ3) is 2.58. The lowest BCUT2D eigenvalue weighted by Crippen LogP contribution is -2.00. The van der Waals surface area contributed by atoms with Crippen LogP contribution in [-0.2, 0) is 6.54 Å². The molecular formula is C12H10ClN5O. The van der Waals surface area contributed by atoms with E-state index in [-0.39, 0.29) is 0 Å². The van der Waals surface area contributed by atoms with Gasteiger partial charge in [-0.15, -0.1) is 5.10 Å². The maximum Gasteiger partial charge on any atom is 0.226 e. The molecule has 2 aromatic heterocycles. The average Bonchev–Trinajstić information content (AvgIpc) is 3.00. The SMILES string of the molecule is Nc1cn(Cc2coc(-c3ccc(Cl)cc3)n2)nn1. The predicted molar refractivity (Wildman–Crippen MR) is 70.5 cm³/mol. The molecule has 7 heteroatoms. The van der Waals surface area contributed by atoms with Crippen molar-refractivity contribution < 1.29 is 4.42 Å². The summed E-state index contributed by atoms with van der Waals surface area (Å²) in [5, 5.41) is 8.23. The topological polar surface area (TPSA) is 82.8 Å². The van der Waals surface area contributed by atoms with Crippen molar-refractivity contribution in [3.8, 4) is 11.5 Å². The van der Waals surface area contributed by atoms with Crippen molar-refractivity contribution in [3.63, 3.8) is 0 Å². The molecular weight excluding hydrogens is 266 g/mol. The quantitative estimate of drug-likeness (QED) is 0.792. The van der Waals surface area contributed by atoms with Gasteiger partial charge in [-0.1, -0.05) is 16.8 Å². The minimum Gasteiger partial charge on any atom is -0.444 e. The van der Waals surface area contributed by atoms with E-state index < -0.39 is 0 Å². The lowest BCUT2D eigenvalue weighted by atomic mass is 10.2. The van der Waals surface area contributed by atoms with Crippen LogP contribution in [0.2, 0.25) is 5.02 Å². The number of halogens is 1.